The molecule has 11 heteroatoms. The van der Waals surface area contributed by atoms with Crippen LogP contribution in [0.4, 0.5) is 11.6 Å². The Hall–Kier alpha value is -3.86. The minimum Gasteiger partial charge on any atom is -0.322 e. The van der Waals surface area contributed by atoms with Crippen molar-refractivity contribution in [3.63, 3.8) is 0 Å². The SMILES string of the molecule is O=C(Nc1ccc(S(=O)(=O)Nc2ncccn2)cc1)c1cnn2cccnc12. The largest absolute Gasteiger partial charge is 0.322 e. The number of hydrogen-bond donors (Lipinski definition) is 2. The smallest absolute Gasteiger partial charge is 0.264 e. The maximum absolute atomic E-state index is 12.5. The Morgan fingerprint density at radius 1 is 0.964 bits per heavy atom. The van der Waals surface area contributed by atoms with Gasteiger partial charge in [-0.2, -0.15) is 5.10 Å². The van der Waals surface area contributed by atoms with Crippen molar-refractivity contribution >= 4 is 33.2 Å². The average molecular weight is 395 g/mol. The lowest BCUT2D eigenvalue weighted by atomic mass is 10.2. The first-order valence-electron chi connectivity index (χ1n) is 8.02. The van der Waals surface area contributed by atoms with Crippen molar-refractivity contribution in [3.8, 4) is 0 Å². The van der Waals surface area contributed by atoms with E-state index in [4.69, 9.17) is 0 Å². The molecule has 1 aromatic carbocycles. The van der Waals surface area contributed by atoms with E-state index in [0.717, 1.165) is 0 Å². The minimum absolute atomic E-state index is 0.00982. The number of sulfonamides is 1. The van der Waals surface area contributed by atoms with Crippen molar-refractivity contribution in [1.82, 2.24) is 24.6 Å². The van der Waals surface area contributed by atoms with Crippen molar-refractivity contribution < 1.29 is 13.2 Å². The Morgan fingerprint density at radius 3 is 2.43 bits per heavy atom. The number of carbonyl (C=O) groups is 1. The second kappa shape index (κ2) is 7.04. The van der Waals surface area contributed by atoms with Gasteiger partial charge in [-0.3, -0.25) is 4.79 Å². The zero-order valence-electron chi connectivity index (χ0n) is 14.2. The molecule has 4 rings (SSSR count). The summed E-state index contributed by atoms with van der Waals surface area (Å²) in [5.41, 5.74) is 1.15. The van der Waals surface area contributed by atoms with Crippen molar-refractivity contribution in [1.29, 1.82) is 0 Å². The van der Waals surface area contributed by atoms with Gasteiger partial charge in [-0.25, -0.2) is 32.6 Å². The molecule has 0 aliphatic heterocycles. The van der Waals surface area contributed by atoms with Gasteiger partial charge in [0.2, 0.25) is 5.95 Å². The molecule has 0 radical (unpaired) electrons. The summed E-state index contributed by atoms with van der Waals surface area (Å²) >= 11 is 0. The van der Waals surface area contributed by atoms with Crippen molar-refractivity contribution in [2.45, 2.75) is 4.90 Å². The van der Waals surface area contributed by atoms with E-state index in [0.29, 0.717) is 16.9 Å². The zero-order valence-corrected chi connectivity index (χ0v) is 15.0. The molecule has 0 fully saturated rings. The van der Waals surface area contributed by atoms with Gasteiger partial charge < -0.3 is 5.32 Å². The fourth-order valence-electron chi connectivity index (χ4n) is 2.43. The molecule has 0 saturated heterocycles. The third-order valence-electron chi connectivity index (χ3n) is 3.74. The molecule has 3 aromatic heterocycles. The van der Waals surface area contributed by atoms with Gasteiger partial charge in [0.1, 0.15) is 5.56 Å². The normalized spacial score (nSPS) is 11.3. The van der Waals surface area contributed by atoms with Gasteiger partial charge in [-0.15, -0.1) is 0 Å². The van der Waals surface area contributed by atoms with E-state index in [-0.39, 0.29) is 10.8 Å². The third-order valence-corrected chi connectivity index (χ3v) is 5.08. The number of anilines is 2. The highest BCUT2D eigenvalue weighted by atomic mass is 32.2. The second-order valence-electron chi connectivity index (χ2n) is 5.60. The number of carbonyl (C=O) groups excluding carboxylic acids is 1. The summed E-state index contributed by atoms with van der Waals surface area (Å²) in [5, 5.41) is 6.75. The van der Waals surface area contributed by atoms with E-state index in [1.54, 1.807) is 24.5 Å². The van der Waals surface area contributed by atoms with Crippen LogP contribution in [0.3, 0.4) is 0 Å². The summed E-state index contributed by atoms with van der Waals surface area (Å²) in [6.07, 6.45) is 7.52. The van der Waals surface area contributed by atoms with Gasteiger partial charge in [-0.1, -0.05) is 0 Å². The maximum Gasteiger partial charge on any atom is 0.264 e. The number of amides is 1. The van der Waals surface area contributed by atoms with Crippen LogP contribution >= 0.6 is 0 Å². The lowest BCUT2D eigenvalue weighted by molar-refractivity contribution is 0.102. The molecule has 3 heterocycles. The lowest BCUT2D eigenvalue weighted by Gasteiger charge is -2.08. The molecule has 0 aliphatic rings. The number of fused-ring (bicyclic) bond motifs is 1. The highest BCUT2D eigenvalue weighted by Gasteiger charge is 2.17. The maximum atomic E-state index is 12.5. The first-order chi connectivity index (χ1) is 13.5. The highest BCUT2D eigenvalue weighted by molar-refractivity contribution is 7.92. The summed E-state index contributed by atoms with van der Waals surface area (Å²) in [7, 11) is -3.84. The van der Waals surface area contributed by atoms with Crippen LogP contribution < -0.4 is 10.0 Å². The van der Waals surface area contributed by atoms with Gasteiger partial charge in [0.25, 0.3) is 15.9 Å². The van der Waals surface area contributed by atoms with E-state index >= 15 is 0 Å². The van der Waals surface area contributed by atoms with Crippen molar-refractivity contribution in [2.75, 3.05) is 10.0 Å². The van der Waals surface area contributed by atoms with Crippen LogP contribution in [-0.4, -0.2) is 38.9 Å². The molecule has 140 valence electrons. The van der Waals surface area contributed by atoms with Crippen LogP contribution in [0.1, 0.15) is 10.4 Å². The van der Waals surface area contributed by atoms with Gasteiger partial charge in [0.05, 0.1) is 11.1 Å². The number of nitrogens with zero attached hydrogens (tertiary/aromatic N) is 5. The van der Waals surface area contributed by atoms with Crippen molar-refractivity contribution in [2.24, 2.45) is 0 Å². The molecule has 2 N–H and O–H groups in total. The van der Waals surface area contributed by atoms with Gasteiger partial charge in [0.15, 0.2) is 5.65 Å². The average Bonchev–Trinajstić information content (AvgIpc) is 3.13. The van der Waals surface area contributed by atoms with E-state index in [2.05, 4.69) is 30.1 Å². The van der Waals surface area contributed by atoms with Crippen LogP contribution in [0.2, 0.25) is 0 Å². The minimum atomic E-state index is -3.84. The first kappa shape index (κ1) is 17.5. The molecule has 0 aliphatic carbocycles. The molecule has 10 nitrogen and oxygen atoms in total. The molecule has 1 amide bonds. The quantitative estimate of drug-likeness (QED) is 0.524. The summed E-state index contributed by atoms with van der Waals surface area (Å²) < 4.78 is 28.5. The van der Waals surface area contributed by atoms with Crippen LogP contribution in [0.25, 0.3) is 5.65 Å². The highest BCUT2D eigenvalue weighted by Crippen LogP contribution is 2.17. The zero-order chi connectivity index (χ0) is 19.6. The number of hydrogen-bond acceptors (Lipinski definition) is 7. The molecule has 0 unspecified atom stereocenters. The number of aromatic nitrogens is 5. The monoisotopic (exact) mass is 395 g/mol. The third kappa shape index (κ3) is 3.50. The van der Waals surface area contributed by atoms with E-state index < -0.39 is 15.9 Å². The van der Waals surface area contributed by atoms with Gasteiger partial charge in [0, 0.05) is 30.5 Å². The van der Waals surface area contributed by atoms with Crippen LogP contribution in [-0.2, 0) is 10.0 Å². The van der Waals surface area contributed by atoms with E-state index in [1.807, 2.05) is 0 Å². The fourth-order valence-corrected chi connectivity index (χ4v) is 3.39. The van der Waals surface area contributed by atoms with E-state index in [1.165, 1.54) is 47.4 Å². The fraction of sp³-hybridized carbons (Fsp3) is 0. The first-order valence-corrected chi connectivity index (χ1v) is 9.51. The summed E-state index contributed by atoms with van der Waals surface area (Å²) in [6.45, 7) is 0. The van der Waals surface area contributed by atoms with Gasteiger partial charge in [-0.05, 0) is 36.4 Å². The Kier molecular flexibility index (Phi) is 4.41. The Morgan fingerprint density at radius 2 is 1.68 bits per heavy atom. The van der Waals surface area contributed by atoms with E-state index in [9.17, 15) is 13.2 Å². The summed E-state index contributed by atoms with van der Waals surface area (Å²) in [5.74, 6) is -0.430. The topological polar surface area (TPSA) is 131 Å². The standard InChI is InChI=1S/C17H13N7O3S/c25-16(14-11-21-24-10-2-9-18-15(14)24)22-12-3-5-13(6-4-12)28(26,27)23-17-19-7-1-8-20-17/h1-11H,(H,22,25)(H,19,20,23). The predicted octanol–water partition coefficient (Wildman–Crippen LogP) is 1.57. The molecule has 4 aromatic rings. The Bertz CT molecular complexity index is 1240. The number of rotatable bonds is 5. The van der Waals surface area contributed by atoms with Crippen LogP contribution in [0.5, 0.6) is 0 Å². The predicted molar refractivity (Wildman–Crippen MR) is 100 cm³/mol. The van der Waals surface area contributed by atoms with Gasteiger partial charge >= 0.3 is 0 Å². The second-order valence-corrected chi connectivity index (χ2v) is 7.28. The molecule has 0 saturated carbocycles. The molecule has 0 atom stereocenters. The molecule has 28 heavy (non-hydrogen) atoms. The molecular formula is C17H13N7O3S. The molecular weight excluding hydrogens is 382 g/mol. The number of nitrogens with one attached hydrogen (secondary N) is 2. The Balaban J connectivity index is 1.51. The molecule has 0 spiro atoms. The van der Waals surface area contributed by atoms with Crippen LogP contribution in [0, 0.1) is 0 Å². The number of benzene rings is 1. The lowest BCUT2D eigenvalue weighted by Crippen LogP contribution is -2.15. The summed E-state index contributed by atoms with van der Waals surface area (Å²) in [4.78, 5) is 24.3. The van der Waals surface area contributed by atoms with Crippen LogP contribution in [0.15, 0.2) is 72.3 Å². The molecule has 0 bridgehead atoms. The van der Waals surface area contributed by atoms with Crippen molar-refractivity contribution in [3.05, 3.63) is 72.9 Å². The summed E-state index contributed by atoms with van der Waals surface area (Å²) in [6, 6.07) is 8.99. The Labute approximate surface area is 159 Å².